The van der Waals surface area contributed by atoms with E-state index in [4.69, 9.17) is 16.3 Å². The van der Waals surface area contributed by atoms with Crippen LogP contribution >= 0.6 is 11.6 Å². The van der Waals surface area contributed by atoms with Gasteiger partial charge in [-0.15, -0.1) is 0 Å². The Bertz CT molecular complexity index is 1650. The smallest absolute Gasteiger partial charge is 0.326 e. The monoisotopic (exact) mass is 555 g/mol. The number of aliphatic carboxylic acids is 1. The van der Waals surface area contributed by atoms with Crippen LogP contribution in [0.15, 0.2) is 97.3 Å². The molecule has 0 radical (unpaired) electrons. The second-order valence-corrected chi connectivity index (χ2v) is 9.76. The number of phenolic OH excluding ortho intramolecular Hbond substituents is 1. The highest BCUT2D eigenvalue weighted by molar-refractivity contribution is 6.30. The maximum Gasteiger partial charge on any atom is 0.326 e. The average molecular weight is 556 g/mol. The number of carboxylic acid groups (broad SMARTS) is 1. The molecule has 9 heteroatoms. The topological polar surface area (TPSA) is 113 Å². The van der Waals surface area contributed by atoms with Crippen LogP contribution in [0.5, 0.6) is 11.5 Å². The lowest BCUT2D eigenvalue weighted by molar-refractivity contribution is -0.139. The number of carboxylic acids is 1. The highest BCUT2D eigenvalue weighted by atomic mass is 35.5. The number of nitrogens with zero attached hydrogens (tertiary/aromatic N) is 2. The maximum absolute atomic E-state index is 13.1. The fraction of sp³-hybridized carbons (Fsp3) is 0.129. The van der Waals surface area contributed by atoms with Crippen molar-refractivity contribution in [3.05, 3.63) is 130 Å². The van der Waals surface area contributed by atoms with Gasteiger partial charge in [-0.25, -0.2) is 9.78 Å². The zero-order valence-electron chi connectivity index (χ0n) is 21.3. The van der Waals surface area contributed by atoms with E-state index in [1.165, 1.54) is 12.3 Å². The molecule has 1 atom stereocenters. The molecule has 3 aromatic carbocycles. The van der Waals surface area contributed by atoms with Gasteiger partial charge < -0.3 is 24.7 Å². The van der Waals surface area contributed by atoms with Gasteiger partial charge in [0.1, 0.15) is 24.1 Å². The number of rotatable bonds is 10. The van der Waals surface area contributed by atoms with E-state index in [0.29, 0.717) is 28.4 Å². The third-order valence-electron chi connectivity index (χ3n) is 6.44. The van der Waals surface area contributed by atoms with Gasteiger partial charge in [0.25, 0.3) is 5.91 Å². The summed E-state index contributed by atoms with van der Waals surface area (Å²) in [6.45, 7) is 0.282. The first kappa shape index (κ1) is 26.8. The predicted octanol–water partition coefficient (Wildman–Crippen LogP) is 5.29. The number of halogens is 1. The van der Waals surface area contributed by atoms with Crippen molar-refractivity contribution in [2.75, 3.05) is 0 Å². The van der Waals surface area contributed by atoms with Gasteiger partial charge >= 0.3 is 5.97 Å². The van der Waals surface area contributed by atoms with Gasteiger partial charge in [0.2, 0.25) is 0 Å². The molecule has 0 unspecified atom stereocenters. The number of aromatic nitrogens is 2. The Balaban J connectivity index is 1.32. The SMILES string of the molecule is O=C(N[C@@H](Cc1ccc(O)cc1Cc1ccccc1)C(=O)O)c1cn2cccc(OCc3ccc(Cl)cc3)c2n1. The number of phenols is 1. The number of nitrogens with one attached hydrogen (secondary N) is 1. The van der Waals surface area contributed by atoms with E-state index < -0.39 is 17.9 Å². The molecule has 3 N–H and O–H groups in total. The van der Waals surface area contributed by atoms with E-state index in [1.807, 2.05) is 42.5 Å². The Hall–Kier alpha value is -4.82. The first-order chi connectivity index (χ1) is 19.4. The minimum atomic E-state index is -1.21. The summed E-state index contributed by atoms with van der Waals surface area (Å²) < 4.78 is 7.59. The molecule has 0 saturated carbocycles. The van der Waals surface area contributed by atoms with Crippen molar-refractivity contribution < 1.29 is 24.5 Å². The largest absolute Gasteiger partial charge is 0.508 e. The van der Waals surface area contributed by atoms with Gasteiger partial charge in [0, 0.05) is 23.8 Å². The lowest BCUT2D eigenvalue weighted by Crippen LogP contribution is -2.42. The minimum absolute atomic E-state index is 0.0341. The highest BCUT2D eigenvalue weighted by Crippen LogP contribution is 2.23. The number of aromatic hydroxyl groups is 1. The molecule has 0 aliphatic heterocycles. The van der Waals surface area contributed by atoms with Crippen LogP contribution < -0.4 is 10.1 Å². The first-order valence-electron chi connectivity index (χ1n) is 12.6. The second kappa shape index (κ2) is 11.9. The Morgan fingerprint density at radius 2 is 1.73 bits per heavy atom. The van der Waals surface area contributed by atoms with E-state index in [0.717, 1.165) is 16.7 Å². The van der Waals surface area contributed by atoms with Crippen molar-refractivity contribution in [2.45, 2.75) is 25.5 Å². The number of imidazole rings is 1. The fourth-order valence-electron chi connectivity index (χ4n) is 4.40. The van der Waals surface area contributed by atoms with Crippen molar-refractivity contribution in [1.82, 2.24) is 14.7 Å². The quantitative estimate of drug-likeness (QED) is 0.216. The van der Waals surface area contributed by atoms with Crippen molar-refractivity contribution in [2.24, 2.45) is 0 Å². The molecule has 5 aromatic rings. The molecule has 2 heterocycles. The number of pyridine rings is 1. The summed E-state index contributed by atoms with van der Waals surface area (Å²) in [4.78, 5) is 29.7. The lowest BCUT2D eigenvalue weighted by atomic mass is 9.95. The minimum Gasteiger partial charge on any atom is -0.508 e. The molecule has 0 fully saturated rings. The number of carbonyl (C=O) groups is 2. The van der Waals surface area contributed by atoms with Gasteiger partial charge in [-0.2, -0.15) is 0 Å². The second-order valence-electron chi connectivity index (χ2n) is 9.33. The number of ether oxygens (including phenoxy) is 1. The van der Waals surface area contributed by atoms with Gasteiger partial charge in [-0.05, 0) is 65.1 Å². The van der Waals surface area contributed by atoms with Gasteiger partial charge in [-0.3, -0.25) is 4.79 Å². The lowest BCUT2D eigenvalue weighted by Gasteiger charge is -2.17. The maximum atomic E-state index is 13.1. The number of fused-ring (bicyclic) bond motifs is 1. The summed E-state index contributed by atoms with van der Waals surface area (Å²) in [6, 6.07) is 24.1. The van der Waals surface area contributed by atoms with E-state index in [2.05, 4.69) is 10.3 Å². The zero-order chi connectivity index (χ0) is 28.1. The Morgan fingerprint density at radius 3 is 2.48 bits per heavy atom. The molecule has 5 rings (SSSR count). The van der Waals surface area contributed by atoms with Crippen LogP contribution in [0, 0.1) is 0 Å². The van der Waals surface area contributed by atoms with Crippen molar-refractivity contribution in [3.63, 3.8) is 0 Å². The number of amides is 1. The van der Waals surface area contributed by atoms with Crippen LogP contribution in [0.1, 0.15) is 32.7 Å². The summed E-state index contributed by atoms with van der Waals surface area (Å²) in [5, 5.41) is 23.2. The Morgan fingerprint density at radius 1 is 0.950 bits per heavy atom. The summed E-state index contributed by atoms with van der Waals surface area (Å²) >= 11 is 5.95. The number of carbonyl (C=O) groups excluding carboxylic acids is 1. The van der Waals surface area contributed by atoms with Crippen molar-refractivity contribution in [1.29, 1.82) is 0 Å². The van der Waals surface area contributed by atoms with E-state index in [9.17, 15) is 19.8 Å². The molecular formula is C31H26ClN3O5. The molecule has 0 bridgehead atoms. The van der Waals surface area contributed by atoms with Crippen LogP contribution in [0.4, 0.5) is 0 Å². The summed E-state index contributed by atoms with van der Waals surface area (Å²) in [6.07, 6.45) is 3.80. The van der Waals surface area contributed by atoms with Crippen LogP contribution in [-0.2, 0) is 24.2 Å². The van der Waals surface area contributed by atoms with Crippen LogP contribution in [0.2, 0.25) is 5.02 Å². The standard InChI is InChI=1S/C31H26ClN3O5/c32-24-11-8-21(9-12-24)19-40-28-7-4-14-35-18-27(33-29(28)35)30(37)34-26(31(38)39)17-22-10-13-25(36)16-23(22)15-20-5-2-1-3-6-20/h1-14,16,18,26,36H,15,17,19H2,(H,34,37)(H,38,39)/t26-/m0/s1. The normalized spacial score (nSPS) is 11.7. The Kier molecular flexibility index (Phi) is 7.98. The highest BCUT2D eigenvalue weighted by Gasteiger charge is 2.24. The van der Waals surface area contributed by atoms with Gasteiger partial charge in [0.15, 0.2) is 11.4 Å². The van der Waals surface area contributed by atoms with Gasteiger partial charge in [0.05, 0.1) is 0 Å². The van der Waals surface area contributed by atoms with Crippen LogP contribution in [-0.4, -0.2) is 37.5 Å². The van der Waals surface area contributed by atoms with Gasteiger partial charge in [-0.1, -0.05) is 60.1 Å². The van der Waals surface area contributed by atoms with E-state index in [1.54, 1.807) is 47.0 Å². The van der Waals surface area contributed by atoms with E-state index >= 15 is 0 Å². The molecule has 0 spiro atoms. The first-order valence-corrected chi connectivity index (χ1v) is 13.0. The average Bonchev–Trinajstić information content (AvgIpc) is 3.39. The van der Waals surface area contributed by atoms with E-state index in [-0.39, 0.29) is 24.5 Å². The number of benzene rings is 3. The fourth-order valence-corrected chi connectivity index (χ4v) is 4.52. The summed E-state index contributed by atoms with van der Waals surface area (Å²) in [5.41, 5.74) is 3.91. The zero-order valence-corrected chi connectivity index (χ0v) is 22.1. The molecule has 0 aliphatic rings. The molecular weight excluding hydrogens is 530 g/mol. The summed E-state index contributed by atoms with van der Waals surface area (Å²) in [5.74, 6) is -1.24. The third kappa shape index (κ3) is 6.42. The predicted molar refractivity (Wildman–Crippen MR) is 151 cm³/mol. The molecule has 1 amide bonds. The van der Waals surface area contributed by atoms with Crippen molar-refractivity contribution in [3.8, 4) is 11.5 Å². The van der Waals surface area contributed by atoms with Crippen LogP contribution in [0.3, 0.4) is 0 Å². The molecule has 0 aliphatic carbocycles. The molecule has 0 saturated heterocycles. The number of hydrogen-bond acceptors (Lipinski definition) is 5. The molecule has 40 heavy (non-hydrogen) atoms. The van der Waals surface area contributed by atoms with Crippen molar-refractivity contribution >= 4 is 29.1 Å². The molecule has 8 nitrogen and oxygen atoms in total. The third-order valence-corrected chi connectivity index (χ3v) is 6.69. The number of hydrogen-bond donors (Lipinski definition) is 3. The molecule has 2 aromatic heterocycles. The summed E-state index contributed by atoms with van der Waals surface area (Å²) in [7, 11) is 0. The molecule has 202 valence electrons. The van der Waals surface area contributed by atoms with Crippen LogP contribution in [0.25, 0.3) is 5.65 Å². The Labute approximate surface area is 235 Å².